The zero-order valence-corrected chi connectivity index (χ0v) is 9.81. The second-order valence-electron chi connectivity index (χ2n) is 3.35. The third-order valence-corrected chi connectivity index (χ3v) is 2.71. The highest BCUT2D eigenvalue weighted by atomic mass is 32.1. The minimum Gasteiger partial charge on any atom is -0.360 e. The van der Waals surface area contributed by atoms with Crippen LogP contribution in [0.25, 0.3) is 0 Å². The van der Waals surface area contributed by atoms with Crippen LogP contribution in [-0.4, -0.2) is 9.18 Å². The molecule has 1 nitrogen and oxygen atoms in total. The monoisotopic (exact) mass is 233 g/mol. The molecule has 2 aromatic rings. The van der Waals surface area contributed by atoms with Gasteiger partial charge in [-0.15, -0.1) is 12.6 Å². The molecule has 0 radical (unpaired) electrons. The molecule has 1 aromatic carbocycles. The summed E-state index contributed by atoms with van der Waals surface area (Å²) in [6.45, 7) is 0. The molecule has 1 heterocycles. The molecular formula is C12H11NS2. The quantitative estimate of drug-likeness (QED) is 0.614. The van der Waals surface area contributed by atoms with E-state index in [4.69, 9.17) is 12.2 Å². The molecule has 1 aromatic heterocycles. The zero-order valence-electron chi connectivity index (χ0n) is 8.10. The molecule has 0 amide bonds. The van der Waals surface area contributed by atoms with E-state index in [9.17, 15) is 0 Å². The molecule has 0 aliphatic heterocycles. The standard InChI is InChI=1S/C12H11NS2/c14-12(15)11-10(6-7-13-11)8-9-4-2-1-3-5-9/h1-7,13H,8H2,(H,14,15). The molecule has 15 heavy (non-hydrogen) atoms. The number of aromatic amines is 1. The molecule has 3 heteroatoms. The summed E-state index contributed by atoms with van der Waals surface area (Å²) < 4.78 is 0.617. The van der Waals surface area contributed by atoms with Gasteiger partial charge >= 0.3 is 0 Å². The number of H-pyrrole nitrogens is 1. The number of rotatable bonds is 3. The van der Waals surface area contributed by atoms with Crippen molar-refractivity contribution in [3.8, 4) is 0 Å². The van der Waals surface area contributed by atoms with Crippen molar-refractivity contribution in [2.45, 2.75) is 6.42 Å². The lowest BCUT2D eigenvalue weighted by Crippen LogP contribution is -1.95. The minimum absolute atomic E-state index is 0.617. The fraction of sp³-hybridized carbons (Fsp3) is 0.0833. The minimum atomic E-state index is 0.617. The first-order chi connectivity index (χ1) is 7.27. The number of thiocarbonyl (C=S) groups is 1. The van der Waals surface area contributed by atoms with E-state index in [1.807, 2.05) is 30.5 Å². The molecule has 76 valence electrons. The summed E-state index contributed by atoms with van der Waals surface area (Å²) in [5.41, 5.74) is 3.43. The van der Waals surface area contributed by atoms with Crippen molar-refractivity contribution < 1.29 is 0 Å². The number of hydrogen-bond acceptors (Lipinski definition) is 1. The van der Waals surface area contributed by atoms with Gasteiger partial charge in [0.15, 0.2) is 0 Å². The van der Waals surface area contributed by atoms with Crippen LogP contribution < -0.4 is 0 Å². The van der Waals surface area contributed by atoms with Crippen molar-refractivity contribution in [3.63, 3.8) is 0 Å². The van der Waals surface area contributed by atoms with Crippen molar-refractivity contribution in [2.75, 3.05) is 0 Å². The Morgan fingerprint density at radius 2 is 1.93 bits per heavy atom. The molecule has 2 rings (SSSR count). The Hall–Kier alpha value is -1.06. The smallest absolute Gasteiger partial charge is 0.0913 e. The molecule has 0 bridgehead atoms. The summed E-state index contributed by atoms with van der Waals surface area (Å²) in [6.07, 6.45) is 2.79. The summed E-state index contributed by atoms with van der Waals surface area (Å²) >= 11 is 9.24. The number of hydrogen-bond donors (Lipinski definition) is 2. The lowest BCUT2D eigenvalue weighted by molar-refractivity contribution is 1.19. The summed E-state index contributed by atoms with van der Waals surface area (Å²) in [7, 11) is 0. The van der Waals surface area contributed by atoms with Crippen LogP contribution in [0.4, 0.5) is 0 Å². The molecule has 0 unspecified atom stereocenters. The second-order valence-corrected chi connectivity index (χ2v) is 4.50. The van der Waals surface area contributed by atoms with Crippen LogP contribution in [0.5, 0.6) is 0 Å². The molecule has 0 saturated heterocycles. The van der Waals surface area contributed by atoms with Gasteiger partial charge in [0.25, 0.3) is 0 Å². The second kappa shape index (κ2) is 4.64. The van der Waals surface area contributed by atoms with E-state index in [1.165, 1.54) is 11.1 Å². The van der Waals surface area contributed by atoms with Gasteiger partial charge in [0.05, 0.1) is 9.89 Å². The van der Waals surface area contributed by atoms with E-state index in [-0.39, 0.29) is 0 Å². The highest BCUT2D eigenvalue weighted by Gasteiger charge is 2.06. The highest BCUT2D eigenvalue weighted by molar-refractivity contribution is 8.11. The van der Waals surface area contributed by atoms with Crippen LogP contribution in [0.3, 0.4) is 0 Å². The lowest BCUT2D eigenvalue weighted by atomic mass is 10.1. The van der Waals surface area contributed by atoms with Gasteiger partial charge in [-0.05, 0) is 23.6 Å². The maximum Gasteiger partial charge on any atom is 0.0913 e. The molecule has 0 atom stereocenters. The van der Waals surface area contributed by atoms with Gasteiger partial charge in [-0.25, -0.2) is 0 Å². The van der Waals surface area contributed by atoms with Crippen LogP contribution in [-0.2, 0) is 6.42 Å². The zero-order chi connectivity index (χ0) is 10.7. The Morgan fingerprint density at radius 1 is 1.20 bits per heavy atom. The van der Waals surface area contributed by atoms with Crippen molar-refractivity contribution in [3.05, 3.63) is 59.4 Å². The maximum atomic E-state index is 5.05. The summed E-state index contributed by atoms with van der Waals surface area (Å²) in [5.74, 6) is 0. The summed E-state index contributed by atoms with van der Waals surface area (Å²) in [6, 6.07) is 12.4. The maximum absolute atomic E-state index is 5.05. The average Bonchev–Trinajstić information content (AvgIpc) is 2.67. The van der Waals surface area contributed by atoms with E-state index in [2.05, 4.69) is 29.7 Å². The molecular weight excluding hydrogens is 222 g/mol. The largest absolute Gasteiger partial charge is 0.360 e. The van der Waals surface area contributed by atoms with Gasteiger partial charge in [0, 0.05) is 6.20 Å². The predicted octanol–water partition coefficient (Wildman–Crippen LogP) is 3.21. The lowest BCUT2D eigenvalue weighted by Gasteiger charge is -2.02. The number of aromatic nitrogens is 1. The van der Waals surface area contributed by atoms with Gasteiger partial charge in [0.1, 0.15) is 0 Å². The summed E-state index contributed by atoms with van der Waals surface area (Å²) in [5, 5.41) is 0. The first kappa shape index (κ1) is 10.5. The summed E-state index contributed by atoms with van der Waals surface area (Å²) in [4.78, 5) is 3.11. The molecule has 1 N–H and O–H groups in total. The Bertz CT molecular complexity index is 459. The van der Waals surface area contributed by atoms with Crippen molar-refractivity contribution >= 4 is 29.0 Å². The third kappa shape index (κ3) is 2.49. The van der Waals surface area contributed by atoms with E-state index in [0.717, 1.165) is 12.1 Å². The van der Waals surface area contributed by atoms with Crippen molar-refractivity contribution in [1.29, 1.82) is 0 Å². The Morgan fingerprint density at radius 3 is 2.60 bits per heavy atom. The van der Waals surface area contributed by atoms with Gasteiger partial charge in [0.2, 0.25) is 0 Å². The SMILES string of the molecule is S=C(S)c1[nH]ccc1Cc1ccccc1. The van der Waals surface area contributed by atoms with Crippen LogP contribution >= 0.6 is 24.8 Å². The first-order valence-corrected chi connectivity index (χ1v) is 5.56. The fourth-order valence-electron chi connectivity index (χ4n) is 1.56. The van der Waals surface area contributed by atoms with Crippen LogP contribution in [0, 0.1) is 0 Å². The average molecular weight is 233 g/mol. The van der Waals surface area contributed by atoms with Crippen LogP contribution in [0.2, 0.25) is 0 Å². The number of benzene rings is 1. The van der Waals surface area contributed by atoms with Crippen molar-refractivity contribution in [2.24, 2.45) is 0 Å². The number of thiol groups is 1. The van der Waals surface area contributed by atoms with E-state index < -0.39 is 0 Å². The Balaban J connectivity index is 2.25. The first-order valence-electron chi connectivity index (χ1n) is 4.71. The van der Waals surface area contributed by atoms with Gasteiger partial charge in [-0.3, -0.25) is 0 Å². The molecule has 0 aliphatic rings. The normalized spacial score (nSPS) is 10.2. The van der Waals surface area contributed by atoms with Gasteiger partial charge < -0.3 is 4.98 Å². The van der Waals surface area contributed by atoms with E-state index in [0.29, 0.717) is 4.20 Å². The third-order valence-electron chi connectivity index (χ3n) is 2.28. The van der Waals surface area contributed by atoms with E-state index >= 15 is 0 Å². The molecule has 0 saturated carbocycles. The molecule has 0 fully saturated rings. The van der Waals surface area contributed by atoms with Crippen LogP contribution in [0.15, 0.2) is 42.6 Å². The Labute approximate surface area is 99.9 Å². The Kier molecular flexibility index (Phi) is 3.23. The molecule has 0 aliphatic carbocycles. The van der Waals surface area contributed by atoms with E-state index in [1.54, 1.807) is 0 Å². The predicted molar refractivity (Wildman–Crippen MR) is 70.7 cm³/mol. The van der Waals surface area contributed by atoms with Gasteiger partial charge in [-0.2, -0.15) is 0 Å². The van der Waals surface area contributed by atoms with Crippen LogP contribution in [0.1, 0.15) is 16.8 Å². The fourth-order valence-corrected chi connectivity index (χ4v) is 1.96. The topological polar surface area (TPSA) is 15.8 Å². The number of nitrogens with one attached hydrogen (secondary N) is 1. The highest BCUT2D eigenvalue weighted by Crippen LogP contribution is 2.15. The van der Waals surface area contributed by atoms with Crippen molar-refractivity contribution in [1.82, 2.24) is 4.98 Å². The van der Waals surface area contributed by atoms with Gasteiger partial charge in [-0.1, -0.05) is 42.5 Å². The molecule has 0 spiro atoms.